The summed E-state index contributed by atoms with van der Waals surface area (Å²) >= 11 is 5.99. The Bertz CT molecular complexity index is 1510. The largest absolute Gasteiger partial charge is 0.477 e. The van der Waals surface area contributed by atoms with E-state index >= 15 is 0 Å². The molecule has 2 fully saturated rings. The maximum Gasteiger partial charge on any atom is 0.418 e. The van der Waals surface area contributed by atoms with Crippen LogP contribution in [0.4, 0.5) is 18.9 Å². The number of halogens is 4. The number of pyridine rings is 2. The highest BCUT2D eigenvalue weighted by molar-refractivity contribution is 6.30. The lowest BCUT2D eigenvalue weighted by Crippen LogP contribution is -2.61. The number of hydrogen-bond acceptors (Lipinski definition) is 6. The fourth-order valence-corrected chi connectivity index (χ4v) is 7.36. The second-order valence-corrected chi connectivity index (χ2v) is 12.0. The molecule has 1 spiro atoms. The minimum Gasteiger partial charge on any atom is -0.477 e. The summed E-state index contributed by atoms with van der Waals surface area (Å²) in [4.78, 5) is 27.3. The van der Waals surface area contributed by atoms with Crippen LogP contribution in [0.2, 0.25) is 5.02 Å². The Morgan fingerprint density at radius 1 is 1.19 bits per heavy atom. The Balaban J connectivity index is 1.43. The molecule has 0 radical (unpaired) electrons. The van der Waals surface area contributed by atoms with Gasteiger partial charge in [-0.25, -0.2) is 9.97 Å². The van der Waals surface area contributed by atoms with Crippen LogP contribution in [0.3, 0.4) is 0 Å². The molecule has 3 aliphatic rings. The van der Waals surface area contributed by atoms with E-state index in [0.717, 1.165) is 31.0 Å². The number of alkyl halides is 3. The van der Waals surface area contributed by atoms with Gasteiger partial charge in [-0.3, -0.25) is 4.79 Å². The van der Waals surface area contributed by atoms with Gasteiger partial charge < -0.3 is 19.9 Å². The normalized spacial score (nSPS) is 24.0. The molecule has 0 saturated carbocycles. The first kappa shape index (κ1) is 29.7. The Morgan fingerprint density at radius 2 is 2.02 bits per heavy atom. The number of amides is 1. The summed E-state index contributed by atoms with van der Waals surface area (Å²) in [6.07, 6.45) is -0.710. The van der Waals surface area contributed by atoms with E-state index < -0.39 is 17.2 Å². The lowest BCUT2D eigenvalue weighted by atomic mass is 9.62. The quantitative estimate of drug-likeness (QED) is 0.357. The fourth-order valence-electron chi connectivity index (χ4n) is 7.19. The summed E-state index contributed by atoms with van der Waals surface area (Å²) in [5.41, 5.74) is 1.56. The van der Waals surface area contributed by atoms with Crippen LogP contribution in [0.25, 0.3) is 11.3 Å². The van der Waals surface area contributed by atoms with Crippen molar-refractivity contribution in [1.82, 2.24) is 20.2 Å². The summed E-state index contributed by atoms with van der Waals surface area (Å²) < 4.78 is 48.0. The lowest BCUT2D eigenvalue weighted by molar-refractivity contribution is -0.137. The summed E-state index contributed by atoms with van der Waals surface area (Å²) in [5.74, 6) is 0.328. The van der Waals surface area contributed by atoms with Gasteiger partial charge in [0.1, 0.15) is 5.69 Å². The van der Waals surface area contributed by atoms with Crippen molar-refractivity contribution in [1.29, 1.82) is 0 Å². The van der Waals surface area contributed by atoms with Gasteiger partial charge in [-0.1, -0.05) is 31.0 Å². The topological polar surface area (TPSA) is 70.6 Å². The van der Waals surface area contributed by atoms with Gasteiger partial charge in [0.25, 0.3) is 5.91 Å². The van der Waals surface area contributed by atoms with E-state index in [1.807, 2.05) is 41.0 Å². The number of hydrogen-bond donors (Lipinski definition) is 1. The third kappa shape index (κ3) is 5.33. The Hall–Kier alpha value is -3.37. The van der Waals surface area contributed by atoms with Crippen LogP contribution >= 0.6 is 11.6 Å². The highest BCUT2D eigenvalue weighted by Gasteiger charge is 2.52. The monoisotopic (exact) mass is 613 g/mol. The number of nitrogens with zero attached hydrogens (tertiary/aromatic N) is 4. The number of fused-ring (bicyclic) bond motifs is 2. The zero-order valence-corrected chi connectivity index (χ0v) is 25.0. The molecular weight excluding hydrogens is 579 g/mol. The lowest BCUT2D eigenvalue weighted by Gasteiger charge is -2.54. The first-order valence-electron chi connectivity index (χ1n) is 14.9. The summed E-state index contributed by atoms with van der Waals surface area (Å²) in [5, 5.41) is 3.43. The van der Waals surface area contributed by atoms with Crippen LogP contribution in [0.15, 0.2) is 48.7 Å². The number of rotatable bonds is 6. The molecule has 11 heteroatoms. The second-order valence-electron chi connectivity index (χ2n) is 11.6. The van der Waals surface area contributed by atoms with Gasteiger partial charge in [0.15, 0.2) is 0 Å². The SMILES string of the molecule is CCOc1ncccc1-c1ccc2c(n1)C(=O)N(C1CCNC1)CC21CCN(c2ccc(Cl)cc2C(F)(F)F)CC1CC. The number of ether oxygens (including phenoxy) is 1. The molecule has 3 unspecified atom stereocenters. The smallest absolute Gasteiger partial charge is 0.418 e. The molecule has 1 N–H and O–H groups in total. The minimum absolute atomic E-state index is 0.0215. The van der Waals surface area contributed by atoms with Gasteiger partial charge in [-0.2, -0.15) is 13.2 Å². The van der Waals surface area contributed by atoms with Crippen molar-refractivity contribution in [3.8, 4) is 17.1 Å². The Morgan fingerprint density at radius 3 is 2.74 bits per heavy atom. The number of carbonyl (C=O) groups is 1. The molecule has 5 heterocycles. The van der Waals surface area contributed by atoms with Crippen LogP contribution in [0.1, 0.15) is 54.7 Å². The van der Waals surface area contributed by atoms with E-state index in [1.54, 1.807) is 6.20 Å². The highest BCUT2D eigenvalue weighted by atomic mass is 35.5. The molecule has 2 saturated heterocycles. The van der Waals surface area contributed by atoms with E-state index in [-0.39, 0.29) is 28.6 Å². The van der Waals surface area contributed by atoms with Crippen molar-refractivity contribution in [2.24, 2.45) is 5.92 Å². The fraction of sp³-hybridized carbons (Fsp3) is 0.469. The maximum absolute atomic E-state index is 14.1. The van der Waals surface area contributed by atoms with Crippen LogP contribution in [0.5, 0.6) is 5.88 Å². The molecule has 7 nitrogen and oxygen atoms in total. The molecule has 3 aliphatic heterocycles. The average Bonchev–Trinajstić information content (AvgIpc) is 3.54. The third-order valence-electron chi connectivity index (χ3n) is 9.30. The zero-order valence-electron chi connectivity index (χ0n) is 24.3. The molecule has 2 aromatic heterocycles. The molecule has 0 bridgehead atoms. The van der Waals surface area contributed by atoms with Crippen molar-refractivity contribution < 1.29 is 22.7 Å². The molecule has 1 amide bonds. The third-order valence-corrected chi connectivity index (χ3v) is 9.53. The van der Waals surface area contributed by atoms with E-state index in [1.165, 1.54) is 12.1 Å². The first-order chi connectivity index (χ1) is 20.7. The van der Waals surface area contributed by atoms with Gasteiger partial charge in [0, 0.05) is 54.5 Å². The number of piperidine rings is 1. The number of nitrogens with one attached hydrogen (secondary N) is 1. The van der Waals surface area contributed by atoms with E-state index in [4.69, 9.17) is 21.3 Å². The summed E-state index contributed by atoms with van der Waals surface area (Å²) in [6, 6.07) is 11.6. The molecule has 6 rings (SSSR count). The van der Waals surface area contributed by atoms with Crippen molar-refractivity contribution in [3.05, 3.63) is 70.5 Å². The number of aromatic nitrogens is 2. The number of benzene rings is 1. The molecular formula is C32H35ClF3N5O2. The summed E-state index contributed by atoms with van der Waals surface area (Å²) in [7, 11) is 0. The van der Waals surface area contributed by atoms with Crippen molar-refractivity contribution in [2.45, 2.75) is 50.7 Å². The Kier molecular flexibility index (Phi) is 8.02. The van der Waals surface area contributed by atoms with Crippen molar-refractivity contribution in [3.63, 3.8) is 0 Å². The second kappa shape index (κ2) is 11.6. The number of carbonyl (C=O) groups excluding carboxylic acids is 1. The predicted molar refractivity (Wildman–Crippen MR) is 160 cm³/mol. The van der Waals surface area contributed by atoms with E-state index in [9.17, 15) is 18.0 Å². The predicted octanol–water partition coefficient (Wildman–Crippen LogP) is 6.21. The maximum atomic E-state index is 14.1. The van der Waals surface area contributed by atoms with E-state index in [2.05, 4.69) is 17.2 Å². The molecule has 3 atom stereocenters. The van der Waals surface area contributed by atoms with Crippen molar-refractivity contribution >= 4 is 23.2 Å². The number of anilines is 1. The average molecular weight is 614 g/mol. The minimum atomic E-state index is -4.53. The van der Waals surface area contributed by atoms with Gasteiger partial charge in [0.2, 0.25) is 5.88 Å². The van der Waals surface area contributed by atoms with Gasteiger partial charge in [-0.05, 0) is 74.2 Å². The highest BCUT2D eigenvalue weighted by Crippen LogP contribution is 2.49. The standard InChI is InChI=1S/C32H35ClF3N5O2/c1-3-20-18-40(27-10-7-21(33)16-25(27)32(34,35)36)15-12-31(20)19-41(22-11-14-37-17-22)30(42)28-24(31)8-9-26(39-28)23-6-5-13-38-29(23)43-4-2/h5-10,13,16,20,22,37H,3-4,11-12,14-15,17-19H2,1-2H3. The van der Waals surface area contributed by atoms with Crippen LogP contribution in [0, 0.1) is 5.92 Å². The van der Waals surface area contributed by atoms with Crippen LogP contribution in [-0.4, -0.2) is 66.1 Å². The molecule has 1 aromatic carbocycles. The van der Waals surface area contributed by atoms with E-state index in [0.29, 0.717) is 62.0 Å². The van der Waals surface area contributed by atoms with Crippen LogP contribution in [-0.2, 0) is 11.6 Å². The Labute approximate surface area is 254 Å². The zero-order chi connectivity index (χ0) is 30.4. The summed E-state index contributed by atoms with van der Waals surface area (Å²) in [6.45, 7) is 7.28. The van der Waals surface area contributed by atoms with Crippen molar-refractivity contribution in [2.75, 3.05) is 44.2 Å². The molecule has 3 aromatic rings. The van der Waals surface area contributed by atoms with Gasteiger partial charge in [0.05, 0.1) is 23.4 Å². The van der Waals surface area contributed by atoms with Gasteiger partial charge >= 0.3 is 6.18 Å². The molecule has 43 heavy (non-hydrogen) atoms. The van der Waals surface area contributed by atoms with Crippen LogP contribution < -0.4 is 15.0 Å². The first-order valence-corrected chi connectivity index (χ1v) is 15.3. The molecule has 0 aliphatic carbocycles. The molecule has 228 valence electrons. The van der Waals surface area contributed by atoms with Gasteiger partial charge in [-0.15, -0.1) is 0 Å².